The Morgan fingerprint density at radius 3 is 2.27 bits per heavy atom. The number of hydrogen-bond acceptors (Lipinski definition) is 8. The van der Waals surface area contributed by atoms with Gasteiger partial charge in [0, 0.05) is 37.1 Å². The van der Waals surface area contributed by atoms with Crippen LogP contribution in [0.25, 0.3) is 0 Å². The Labute approximate surface area is 237 Å². The SMILES string of the molecule is CCOC(=O)N1CCc2c(sc(NC(=O)c3ccc(S(=O)(=O)N4CCCCCC4)cc3)c2C(=O)NC(=O)NC)C1. The van der Waals surface area contributed by atoms with Crippen LogP contribution >= 0.6 is 11.3 Å². The third-order valence-electron chi connectivity index (χ3n) is 6.81. The molecule has 0 spiro atoms. The number of rotatable bonds is 6. The summed E-state index contributed by atoms with van der Waals surface area (Å²) in [6, 6.07) is 4.98. The van der Waals surface area contributed by atoms with Crippen molar-refractivity contribution < 1.29 is 32.3 Å². The predicted molar refractivity (Wildman–Crippen MR) is 149 cm³/mol. The Morgan fingerprint density at radius 2 is 1.65 bits per heavy atom. The number of nitrogens with one attached hydrogen (secondary N) is 3. The number of anilines is 1. The molecule has 1 aromatic carbocycles. The fourth-order valence-electron chi connectivity index (χ4n) is 4.72. The molecule has 1 aromatic heterocycles. The standard InChI is InChI=1S/C26H33N5O7S2/c1-3-38-26(35)30-15-12-19-20(16-30)39-24(21(19)23(33)29-25(34)27-2)28-22(32)17-8-10-18(11-9-17)40(36,37)31-13-6-4-5-7-14-31/h8-11H,3-7,12-16H2,1-2H3,(H,28,32)(H2,27,29,33,34). The van der Waals surface area contributed by atoms with Gasteiger partial charge in [-0.1, -0.05) is 12.8 Å². The molecule has 2 aliphatic heterocycles. The van der Waals surface area contributed by atoms with Crippen molar-refractivity contribution >= 4 is 50.3 Å². The predicted octanol–water partition coefficient (Wildman–Crippen LogP) is 3.15. The zero-order valence-corrected chi connectivity index (χ0v) is 24.1. The van der Waals surface area contributed by atoms with E-state index in [0.29, 0.717) is 36.5 Å². The van der Waals surface area contributed by atoms with Gasteiger partial charge in [0.05, 0.1) is 23.6 Å². The molecule has 3 N–H and O–H groups in total. The van der Waals surface area contributed by atoms with Gasteiger partial charge in [-0.25, -0.2) is 18.0 Å². The second-order valence-electron chi connectivity index (χ2n) is 9.41. The van der Waals surface area contributed by atoms with Gasteiger partial charge in [-0.05, 0) is 56.0 Å². The number of urea groups is 1. The van der Waals surface area contributed by atoms with E-state index in [1.165, 1.54) is 40.5 Å². The summed E-state index contributed by atoms with van der Waals surface area (Å²) in [7, 11) is -2.29. The van der Waals surface area contributed by atoms with Gasteiger partial charge in [0.15, 0.2) is 0 Å². The minimum absolute atomic E-state index is 0.113. The lowest BCUT2D eigenvalue weighted by molar-refractivity contribution is 0.0963. The van der Waals surface area contributed by atoms with Crippen LogP contribution in [0.4, 0.5) is 14.6 Å². The first kappa shape index (κ1) is 29.5. The lowest BCUT2D eigenvalue weighted by atomic mass is 10.0. The number of carbonyl (C=O) groups is 4. The van der Waals surface area contributed by atoms with Crippen molar-refractivity contribution in [1.82, 2.24) is 19.8 Å². The topological polar surface area (TPSA) is 154 Å². The smallest absolute Gasteiger partial charge is 0.410 e. The van der Waals surface area contributed by atoms with Gasteiger partial charge in [0.1, 0.15) is 5.00 Å². The molecule has 216 valence electrons. The average Bonchev–Trinajstić information content (AvgIpc) is 3.09. The second-order valence-corrected chi connectivity index (χ2v) is 12.5. The van der Waals surface area contributed by atoms with Crippen molar-refractivity contribution in [1.29, 1.82) is 0 Å². The quantitative estimate of drug-likeness (QED) is 0.466. The number of carbonyl (C=O) groups excluding carboxylic acids is 4. The van der Waals surface area contributed by atoms with Crippen LogP contribution < -0.4 is 16.0 Å². The van der Waals surface area contributed by atoms with Gasteiger partial charge in [-0.2, -0.15) is 4.31 Å². The molecule has 0 saturated carbocycles. The lowest BCUT2D eigenvalue weighted by Gasteiger charge is -2.26. The van der Waals surface area contributed by atoms with Crippen molar-refractivity contribution in [3.05, 3.63) is 45.8 Å². The number of sulfonamides is 1. The summed E-state index contributed by atoms with van der Waals surface area (Å²) in [6.07, 6.45) is 3.50. The van der Waals surface area contributed by atoms with Crippen LogP contribution in [0.1, 0.15) is 63.8 Å². The molecule has 3 heterocycles. The third kappa shape index (κ3) is 6.45. The molecule has 4 rings (SSSR count). The van der Waals surface area contributed by atoms with Gasteiger partial charge in [0.25, 0.3) is 11.8 Å². The first-order valence-corrected chi connectivity index (χ1v) is 15.4. The molecule has 1 saturated heterocycles. The van der Waals surface area contributed by atoms with Crippen LogP contribution in [-0.4, -0.2) is 74.9 Å². The maximum absolute atomic E-state index is 13.2. The van der Waals surface area contributed by atoms with Crippen LogP contribution in [0.3, 0.4) is 0 Å². The average molecular weight is 592 g/mol. The Morgan fingerprint density at radius 1 is 0.975 bits per heavy atom. The van der Waals surface area contributed by atoms with E-state index in [1.54, 1.807) is 6.92 Å². The monoisotopic (exact) mass is 591 g/mol. The van der Waals surface area contributed by atoms with Crippen LogP contribution in [0.5, 0.6) is 0 Å². The van der Waals surface area contributed by atoms with Crippen LogP contribution in [-0.2, 0) is 27.7 Å². The highest BCUT2D eigenvalue weighted by Crippen LogP contribution is 2.37. The zero-order valence-electron chi connectivity index (χ0n) is 22.4. The summed E-state index contributed by atoms with van der Waals surface area (Å²) >= 11 is 1.14. The summed E-state index contributed by atoms with van der Waals surface area (Å²) in [4.78, 5) is 52.7. The molecule has 12 nitrogen and oxygen atoms in total. The Hall–Kier alpha value is -3.49. The van der Waals surface area contributed by atoms with E-state index in [1.807, 2.05) is 0 Å². The number of nitrogens with zero attached hydrogens (tertiary/aromatic N) is 2. The molecule has 1 fully saturated rings. The molecule has 2 aromatic rings. The van der Waals surface area contributed by atoms with Gasteiger partial charge in [-0.15, -0.1) is 11.3 Å². The highest BCUT2D eigenvalue weighted by Gasteiger charge is 2.32. The number of amides is 5. The normalized spacial score (nSPS) is 15.9. The Balaban J connectivity index is 1.57. The third-order valence-corrected chi connectivity index (χ3v) is 9.86. The van der Waals surface area contributed by atoms with Gasteiger partial charge in [0.2, 0.25) is 10.0 Å². The van der Waals surface area contributed by atoms with Crippen LogP contribution in [0.2, 0.25) is 0 Å². The summed E-state index contributed by atoms with van der Waals surface area (Å²) in [5, 5.41) is 7.54. The van der Waals surface area contributed by atoms with E-state index in [9.17, 15) is 27.6 Å². The summed E-state index contributed by atoms with van der Waals surface area (Å²) in [5.41, 5.74) is 0.994. The molecule has 0 radical (unpaired) electrons. The molecular formula is C26H33N5O7S2. The molecule has 0 unspecified atom stereocenters. The fraction of sp³-hybridized carbons (Fsp3) is 0.462. The van der Waals surface area contributed by atoms with E-state index in [4.69, 9.17) is 4.74 Å². The minimum atomic E-state index is -3.67. The van der Waals surface area contributed by atoms with Gasteiger partial charge < -0.3 is 20.3 Å². The number of fused-ring (bicyclic) bond motifs is 1. The van der Waals surface area contributed by atoms with E-state index in [-0.39, 0.29) is 34.2 Å². The molecule has 14 heteroatoms. The Kier molecular flexibility index (Phi) is 9.43. The fourth-order valence-corrected chi connectivity index (χ4v) is 7.49. The minimum Gasteiger partial charge on any atom is -0.450 e. The van der Waals surface area contributed by atoms with Crippen molar-refractivity contribution in [2.75, 3.05) is 38.6 Å². The van der Waals surface area contributed by atoms with Gasteiger partial charge >= 0.3 is 12.1 Å². The molecule has 0 aliphatic carbocycles. The molecule has 0 atom stereocenters. The van der Waals surface area contributed by atoms with Crippen LogP contribution in [0, 0.1) is 0 Å². The van der Waals surface area contributed by atoms with Gasteiger partial charge in [-0.3, -0.25) is 14.9 Å². The van der Waals surface area contributed by atoms with E-state index < -0.39 is 34.0 Å². The number of thiophene rings is 1. The van der Waals surface area contributed by atoms with E-state index >= 15 is 0 Å². The highest BCUT2D eigenvalue weighted by atomic mass is 32.2. The van der Waals surface area contributed by atoms with Crippen molar-refractivity contribution in [3.8, 4) is 0 Å². The zero-order chi connectivity index (χ0) is 28.9. The first-order valence-electron chi connectivity index (χ1n) is 13.2. The number of hydrogen-bond donors (Lipinski definition) is 3. The number of imide groups is 1. The van der Waals surface area contributed by atoms with Crippen molar-refractivity contribution in [2.24, 2.45) is 0 Å². The molecule has 5 amide bonds. The van der Waals surface area contributed by atoms with Crippen molar-refractivity contribution in [3.63, 3.8) is 0 Å². The maximum atomic E-state index is 13.2. The molecule has 2 aliphatic rings. The summed E-state index contributed by atoms with van der Waals surface area (Å²) in [5.74, 6) is -1.23. The lowest BCUT2D eigenvalue weighted by Crippen LogP contribution is -2.39. The molecule has 0 bridgehead atoms. The maximum Gasteiger partial charge on any atom is 0.410 e. The van der Waals surface area contributed by atoms with E-state index in [2.05, 4.69) is 16.0 Å². The first-order chi connectivity index (χ1) is 19.1. The summed E-state index contributed by atoms with van der Waals surface area (Å²) in [6.45, 7) is 3.39. The largest absolute Gasteiger partial charge is 0.450 e. The van der Waals surface area contributed by atoms with Crippen molar-refractivity contribution in [2.45, 2.75) is 50.5 Å². The van der Waals surface area contributed by atoms with Crippen LogP contribution in [0.15, 0.2) is 29.2 Å². The molecular weight excluding hydrogens is 558 g/mol. The second kappa shape index (κ2) is 12.8. The summed E-state index contributed by atoms with van der Waals surface area (Å²) < 4.78 is 32.8. The van der Waals surface area contributed by atoms with E-state index in [0.717, 1.165) is 37.0 Å². The number of ether oxygens (including phenoxy) is 1. The Bertz CT molecular complexity index is 1380. The number of benzene rings is 1. The molecule has 40 heavy (non-hydrogen) atoms. The highest BCUT2D eigenvalue weighted by molar-refractivity contribution is 7.89.